The van der Waals surface area contributed by atoms with Crippen LogP contribution in [-0.4, -0.2) is 43.3 Å². The number of nitro groups is 1. The molecule has 0 spiro atoms. The first-order chi connectivity index (χ1) is 10.1. The summed E-state index contributed by atoms with van der Waals surface area (Å²) in [4.78, 5) is 22.4. The Labute approximate surface area is 120 Å². The number of amides is 1. The number of hydrogen-bond donors (Lipinski definition) is 3. The van der Waals surface area contributed by atoms with E-state index in [1.807, 2.05) is 0 Å². The summed E-state index contributed by atoms with van der Waals surface area (Å²) in [5, 5.41) is 13.6. The van der Waals surface area contributed by atoms with E-state index in [4.69, 9.17) is 15.3 Å². The number of hydrazine groups is 1. The Morgan fingerprint density at radius 3 is 2.90 bits per heavy atom. The summed E-state index contributed by atoms with van der Waals surface area (Å²) >= 11 is 0. The van der Waals surface area contributed by atoms with E-state index in [-0.39, 0.29) is 23.9 Å². The number of benzene rings is 1. The first-order valence-electron chi connectivity index (χ1n) is 6.34. The normalized spacial score (nSPS) is 18.0. The number of nitrogen functional groups attached to an aromatic ring is 1. The molecule has 1 fully saturated rings. The number of rotatable bonds is 5. The molecule has 2 rings (SSSR count). The molecule has 0 aliphatic carbocycles. The lowest BCUT2D eigenvalue weighted by Gasteiger charge is -2.23. The van der Waals surface area contributed by atoms with Gasteiger partial charge >= 0.3 is 0 Å². The Balaban J connectivity index is 2.07. The van der Waals surface area contributed by atoms with Crippen LogP contribution in [0.25, 0.3) is 0 Å². The maximum atomic E-state index is 12.1. The molecule has 0 bridgehead atoms. The van der Waals surface area contributed by atoms with Gasteiger partial charge in [-0.05, 0) is 12.1 Å². The summed E-state index contributed by atoms with van der Waals surface area (Å²) in [5.41, 5.74) is 2.40. The van der Waals surface area contributed by atoms with Gasteiger partial charge in [-0.3, -0.25) is 20.8 Å². The Morgan fingerprint density at radius 2 is 2.29 bits per heavy atom. The number of anilines is 1. The number of ether oxygens (including phenoxy) is 2. The third kappa shape index (κ3) is 3.88. The van der Waals surface area contributed by atoms with Crippen LogP contribution in [0, 0.1) is 10.1 Å². The molecule has 1 amide bonds. The molecule has 1 saturated heterocycles. The molecule has 1 heterocycles. The standard InChI is InChI=1S/C12H16N4O5/c13-15-8-1-2-11(16(18)19)10(5-8)12(17)14-6-9-7-20-3-4-21-9/h1-2,5,9,15H,3-4,6-7,13H2,(H,14,17). The monoisotopic (exact) mass is 296 g/mol. The quantitative estimate of drug-likeness (QED) is 0.397. The molecule has 1 unspecified atom stereocenters. The molecule has 0 saturated carbocycles. The number of nitrogens with one attached hydrogen (secondary N) is 2. The predicted molar refractivity (Wildman–Crippen MR) is 73.8 cm³/mol. The van der Waals surface area contributed by atoms with Gasteiger partial charge in [-0.2, -0.15) is 0 Å². The van der Waals surface area contributed by atoms with Crippen molar-refractivity contribution in [3.05, 3.63) is 33.9 Å². The van der Waals surface area contributed by atoms with Crippen LogP contribution in [0.1, 0.15) is 10.4 Å². The van der Waals surface area contributed by atoms with Crippen LogP contribution in [0.3, 0.4) is 0 Å². The first kappa shape index (κ1) is 15.2. The van der Waals surface area contributed by atoms with Gasteiger partial charge in [0.2, 0.25) is 0 Å². The average Bonchev–Trinajstić information content (AvgIpc) is 2.52. The zero-order valence-electron chi connectivity index (χ0n) is 11.2. The fraction of sp³-hybridized carbons (Fsp3) is 0.417. The van der Waals surface area contributed by atoms with Crippen molar-refractivity contribution in [2.75, 3.05) is 31.8 Å². The summed E-state index contributed by atoms with van der Waals surface area (Å²) in [5.74, 6) is 4.69. The molecule has 0 radical (unpaired) electrons. The van der Waals surface area contributed by atoms with Gasteiger partial charge in [0.25, 0.3) is 11.6 Å². The first-order valence-corrected chi connectivity index (χ1v) is 6.34. The van der Waals surface area contributed by atoms with Crippen LogP contribution < -0.4 is 16.6 Å². The van der Waals surface area contributed by atoms with Crippen LogP contribution in [-0.2, 0) is 9.47 Å². The molecule has 9 heteroatoms. The highest BCUT2D eigenvalue weighted by atomic mass is 16.6. The second-order valence-electron chi connectivity index (χ2n) is 4.41. The van der Waals surface area contributed by atoms with Gasteiger partial charge in [-0.15, -0.1) is 0 Å². The Bertz CT molecular complexity index is 530. The summed E-state index contributed by atoms with van der Waals surface area (Å²) in [6, 6.07) is 3.98. The molecule has 1 atom stereocenters. The third-order valence-electron chi connectivity index (χ3n) is 2.98. The van der Waals surface area contributed by atoms with Crippen molar-refractivity contribution in [1.82, 2.24) is 5.32 Å². The van der Waals surface area contributed by atoms with Crippen molar-refractivity contribution in [3.63, 3.8) is 0 Å². The molecule has 4 N–H and O–H groups in total. The van der Waals surface area contributed by atoms with Crippen LogP contribution in [0.5, 0.6) is 0 Å². The fourth-order valence-electron chi connectivity index (χ4n) is 1.92. The fourth-order valence-corrected chi connectivity index (χ4v) is 1.92. The van der Waals surface area contributed by atoms with Crippen molar-refractivity contribution in [1.29, 1.82) is 0 Å². The van der Waals surface area contributed by atoms with E-state index >= 15 is 0 Å². The maximum Gasteiger partial charge on any atom is 0.282 e. The molecule has 1 aromatic rings. The summed E-state index contributed by atoms with van der Waals surface area (Å²) in [7, 11) is 0. The molecular formula is C12H16N4O5. The van der Waals surface area contributed by atoms with E-state index < -0.39 is 10.8 Å². The third-order valence-corrected chi connectivity index (χ3v) is 2.98. The van der Waals surface area contributed by atoms with E-state index in [9.17, 15) is 14.9 Å². The van der Waals surface area contributed by atoms with Gasteiger partial charge in [0.1, 0.15) is 5.56 Å². The Morgan fingerprint density at radius 1 is 1.48 bits per heavy atom. The molecule has 1 aliphatic rings. The van der Waals surface area contributed by atoms with Crippen LogP contribution >= 0.6 is 0 Å². The van der Waals surface area contributed by atoms with E-state index in [0.29, 0.717) is 25.5 Å². The SMILES string of the molecule is NNc1ccc([N+](=O)[O-])c(C(=O)NCC2COCCO2)c1. The highest BCUT2D eigenvalue weighted by molar-refractivity contribution is 5.99. The number of nitrogens with zero attached hydrogens (tertiary/aromatic N) is 1. The van der Waals surface area contributed by atoms with Gasteiger partial charge in [-0.25, -0.2) is 0 Å². The number of nitro benzene ring substituents is 1. The van der Waals surface area contributed by atoms with Crippen LogP contribution in [0.4, 0.5) is 11.4 Å². The van der Waals surface area contributed by atoms with Crippen LogP contribution in [0.2, 0.25) is 0 Å². The minimum Gasteiger partial charge on any atom is -0.376 e. The van der Waals surface area contributed by atoms with E-state index in [1.54, 1.807) is 0 Å². The summed E-state index contributed by atoms with van der Waals surface area (Å²) in [6.45, 7) is 1.59. The Hall–Kier alpha value is -2.23. The highest BCUT2D eigenvalue weighted by Crippen LogP contribution is 2.22. The predicted octanol–water partition coefficient (Wildman–Crippen LogP) is 0.0256. The molecule has 114 valence electrons. The smallest absolute Gasteiger partial charge is 0.282 e. The van der Waals surface area contributed by atoms with E-state index in [2.05, 4.69) is 10.7 Å². The van der Waals surface area contributed by atoms with Crippen molar-refractivity contribution in [3.8, 4) is 0 Å². The van der Waals surface area contributed by atoms with Crippen molar-refractivity contribution < 1.29 is 19.2 Å². The largest absolute Gasteiger partial charge is 0.376 e. The molecular weight excluding hydrogens is 280 g/mol. The van der Waals surface area contributed by atoms with Gasteiger partial charge in [0.05, 0.1) is 30.8 Å². The average molecular weight is 296 g/mol. The lowest BCUT2D eigenvalue weighted by Crippen LogP contribution is -2.39. The molecule has 1 aliphatic heterocycles. The summed E-state index contributed by atoms with van der Waals surface area (Å²) < 4.78 is 10.6. The lowest BCUT2D eigenvalue weighted by atomic mass is 10.1. The van der Waals surface area contributed by atoms with Crippen LogP contribution in [0.15, 0.2) is 18.2 Å². The maximum absolute atomic E-state index is 12.1. The molecule has 9 nitrogen and oxygen atoms in total. The number of carbonyl (C=O) groups is 1. The van der Waals surface area contributed by atoms with Crippen molar-refractivity contribution in [2.24, 2.45) is 5.84 Å². The minimum atomic E-state index is -0.616. The zero-order valence-corrected chi connectivity index (χ0v) is 11.2. The van der Waals surface area contributed by atoms with Gasteiger partial charge in [0.15, 0.2) is 0 Å². The molecule has 1 aromatic carbocycles. The minimum absolute atomic E-state index is 0.0628. The van der Waals surface area contributed by atoms with Gasteiger partial charge in [0, 0.05) is 18.3 Å². The Kier molecular flexibility index (Phi) is 5.04. The second-order valence-corrected chi connectivity index (χ2v) is 4.41. The lowest BCUT2D eigenvalue weighted by molar-refractivity contribution is -0.385. The highest BCUT2D eigenvalue weighted by Gasteiger charge is 2.22. The number of nitrogens with two attached hydrogens (primary N) is 1. The zero-order chi connectivity index (χ0) is 15.2. The van der Waals surface area contributed by atoms with Crippen molar-refractivity contribution >= 4 is 17.3 Å². The van der Waals surface area contributed by atoms with E-state index in [0.717, 1.165) is 0 Å². The van der Waals surface area contributed by atoms with Gasteiger partial charge in [-0.1, -0.05) is 0 Å². The molecule has 0 aromatic heterocycles. The topological polar surface area (TPSA) is 129 Å². The number of hydrogen-bond acceptors (Lipinski definition) is 7. The van der Waals surface area contributed by atoms with Gasteiger partial charge < -0.3 is 20.2 Å². The van der Waals surface area contributed by atoms with E-state index in [1.165, 1.54) is 18.2 Å². The molecule has 21 heavy (non-hydrogen) atoms. The second kappa shape index (κ2) is 6.97. The summed E-state index contributed by atoms with van der Waals surface area (Å²) in [6.07, 6.45) is -0.252. The number of carbonyl (C=O) groups excluding carboxylic acids is 1. The van der Waals surface area contributed by atoms with Crippen molar-refractivity contribution in [2.45, 2.75) is 6.10 Å².